The number of likely N-dealkylation sites (tertiary alicyclic amines) is 1. The van der Waals surface area contributed by atoms with Crippen molar-refractivity contribution in [3.05, 3.63) is 59.7 Å². The molecule has 2 N–H and O–H groups in total. The molecule has 0 aromatic heterocycles. The lowest BCUT2D eigenvalue weighted by atomic mass is 9.93. The zero-order valence-electron chi connectivity index (χ0n) is 19.3. The van der Waals surface area contributed by atoms with E-state index in [1.165, 1.54) is 4.90 Å². The van der Waals surface area contributed by atoms with E-state index in [1.54, 1.807) is 0 Å². The highest BCUT2D eigenvalue weighted by atomic mass is 16.5. The Kier molecular flexibility index (Phi) is 6.02. The maximum atomic E-state index is 13.4. The van der Waals surface area contributed by atoms with Gasteiger partial charge in [0.15, 0.2) is 0 Å². The fourth-order valence-electron chi connectivity index (χ4n) is 5.41. The van der Waals surface area contributed by atoms with Gasteiger partial charge in [-0.2, -0.15) is 0 Å². The first-order valence-corrected chi connectivity index (χ1v) is 12.1. The predicted octanol–water partition coefficient (Wildman–Crippen LogP) is 4.02. The fraction of sp³-hybridized carbons (Fsp3) is 0.444. The van der Waals surface area contributed by atoms with Crippen molar-refractivity contribution < 1.29 is 24.2 Å². The van der Waals surface area contributed by atoms with Gasteiger partial charge >= 0.3 is 12.1 Å². The lowest BCUT2D eigenvalue weighted by Gasteiger charge is -2.38. The number of carbonyl (C=O) groups is 3. The second-order valence-electron chi connectivity index (χ2n) is 9.81. The maximum absolute atomic E-state index is 13.4. The standard InChI is InChI=1S/C27H30N2O5/c1-16-10-13-23(26(31)32)29(14-16)25(30)24(17-11-12-17)28-27(33)34-15-22-20-8-4-2-6-18(20)19-7-3-5-9-21(19)22/h2-9,16-17,22-24H,10-15H2,1H3,(H,28,33)(H,31,32). The summed E-state index contributed by atoms with van der Waals surface area (Å²) in [6.07, 6.45) is 2.24. The first-order chi connectivity index (χ1) is 16.4. The molecule has 0 bridgehead atoms. The lowest BCUT2D eigenvalue weighted by Crippen LogP contribution is -2.57. The van der Waals surface area contributed by atoms with Crippen molar-refractivity contribution in [3.63, 3.8) is 0 Å². The molecule has 2 amide bonds. The highest BCUT2D eigenvalue weighted by Crippen LogP contribution is 2.44. The fourth-order valence-corrected chi connectivity index (χ4v) is 5.41. The number of amides is 2. The highest BCUT2D eigenvalue weighted by molar-refractivity contribution is 5.90. The summed E-state index contributed by atoms with van der Waals surface area (Å²) < 4.78 is 5.64. The Labute approximate surface area is 199 Å². The quantitative estimate of drug-likeness (QED) is 0.676. The average molecular weight is 463 g/mol. The molecule has 1 heterocycles. The molecule has 7 heteroatoms. The lowest BCUT2D eigenvalue weighted by molar-refractivity contribution is -0.154. The van der Waals surface area contributed by atoms with Crippen LogP contribution < -0.4 is 5.32 Å². The third-order valence-corrected chi connectivity index (χ3v) is 7.36. The van der Waals surface area contributed by atoms with Crippen LogP contribution in [0.3, 0.4) is 0 Å². The van der Waals surface area contributed by atoms with Crippen LogP contribution in [0.2, 0.25) is 0 Å². The zero-order valence-corrected chi connectivity index (χ0v) is 19.3. The Hall–Kier alpha value is -3.35. The molecule has 7 nitrogen and oxygen atoms in total. The van der Waals surface area contributed by atoms with Gasteiger partial charge < -0.3 is 20.1 Å². The molecule has 3 aliphatic rings. The molecular formula is C27H30N2O5. The molecule has 2 fully saturated rings. The van der Waals surface area contributed by atoms with Gasteiger partial charge in [-0.3, -0.25) is 4.79 Å². The van der Waals surface area contributed by atoms with Gasteiger partial charge in [0.05, 0.1) is 0 Å². The van der Waals surface area contributed by atoms with Gasteiger partial charge in [-0.25, -0.2) is 9.59 Å². The number of nitrogens with zero attached hydrogens (tertiary/aromatic N) is 1. The van der Waals surface area contributed by atoms with Crippen LogP contribution in [0, 0.1) is 11.8 Å². The summed E-state index contributed by atoms with van der Waals surface area (Å²) in [4.78, 5) is 39.4. The number of hydrogen-bond acceptors (Lipinski definition) is 4. The van der Waals surface area contributed by atoms with Crippen molar-refractivity contribution in [2.45, 2.75) is 50.6 Å². The van der Waals surface area contributed by atoms with Crippen molar-refractivity contribution in [2.24, 2.45) is 11.8 Å². The number of ether oxygens (including phenoxy) is 1. The van der Waals surface area contributed by atoms with E-state index in [0.29, 0.717) is 13.0 Å². The normalized spacial score (nSPS) is 22.4. The Balaban J connectivity index is 1.27. The Morgan fingerprint density at radius 2 is 1.62 bits per heavy atom. The molecule has 1 saturated heterocycles. The topological polar surface area (TPSA) is 95.9 Å². The van der Waals surface area contributed by atoms with E-state index in [0.717, 1.165) is 41.5 Å². The van der Waals surface area contributed by atoms with Gasteiger partial charge in [-0.1, -0.05) is 55.5 Å². The minimum absolute atomic E-state index is 0.0275. The van der Waals surface area contributed by atoms with Crippen LogP contribution >= 0.6 is 0 Å². The molecule has 2 aromatic carbocycles. The van der Waals surface area contributed by atoms with Crippen LogP contribution in [0.5, 0.6) is 0 Å². The molecule has 3 atom stereocenters. The van der Waals surface area contributed by atoms with Gasteiger partial charge in [-0.15, -0.1) is 0 Å². The second kappa shape index (κ2) is 9.12. The summed E-state index contributed by atoms with van der Waals surface area (Å²) in [6, 6.07) is 14.7. The van der Waals surface area contributed by atoms with Crippen LogP contribution in [0.15, 0.2) is 48.5 Å². The minimum atomic E-state index is -0.990. The van der Waals surface area contributed by atoms with Crippen LogP contribution in [-0.2, 0) is 14.3 Å². The number of hydrogen-bond donors (Lipinski definition) is 2. The number of aliphatic carboxylic acids is 1. The van der Waals surface area contributed by atoms with Gasteiger partial charge in [0.25, 0.3) is 0 Å². The molecule has 34 heavy (non-hydrogen) atoms. The van der Waals surface area contributed by atoms with E-state index in [1.807, 2.05) is 31.2 Å². The number of carboxylic acid groups (broad SMARTS) is 1. The number of alkyl carbamates (subject to hydrolysis) is 1. The summed E-state index contributed by atoms with van der Waals surface area (Å²) >= 11 is 0. The molecule has 5 rings (SSSR count). The minimum Gasteiger partial charge on any atom is -0.480 e. The first kappa shape index (κ1) is 22.4. The van der Waals surface area contributed by atoms with E-state index in [2.05, 4.69) is 29.6 Å². The van der Waals surface area contributed by atoms with E-state index in [4.69, 9.17) is 4.74 Å². The van der Waals surface area contributed by atoms with Gasteiger partial charge in [0.1, 0.15) is 18.7 Å². The highest BCUT2D eigenvalue weighted by Gasteiger charge is 2.44. The number of piperidine rings is 1. The predicted molar refractivity (Wildman–Crippen MR) is 126 cm³/mol. The number of benzene rings is 2. The summed E-state index contributed by atoms with van der Waals surface area (Å²) in [5, 5.41) is 12.4. The number of carboxylic acids is 1. The first-order valence-electron chi connectivity index (χ1n) is 12.1. The monoisotopic (exact) mass is 462 g/mol. The zero-order chi connectivity index (χ0) is 23.8. The van der Waals surface area contributed by atoms with Crippen molar-refractivity contribution in [2.75, 3.05) is 13.2 Å². The Morgan fingerprint density at radius 3 is 2.21 bits per heavy atom. The molecule has 2 aromatic rings. The molecule has 3 unspecified atom stereocenters. The third-order valence-electron chi connectivity index (χ3n) is 7.36. The van der Waals surface area contributed by atoms with Crippen molar-refractivity contribution in [3.8, 4) is 11.1 Å². The van der Waals surface area contributed by atoms with Crippen LogP contribution in [0.1, 0.15) is 49.7 Å². The number of nitrogens with one attached hydrogen (secondary N) is 1. The molecule has 1 saturated carbocycles. The molecule has 1 aliphatic heterocycles. The number of fused-ring (bicyclic) bond motifs is 3. The van der Waals surface area contributed by atoms with Crippen molar-refractivity contribution >= 4 is 18.0 Å². The SMILES string of the molecule is CC1CCC(C(=O)O)N(C(=O)C(NC(=O)OCC2c3ccccc3-c3ccccc32)C2CC2)C1. The summed E-state index contributed by atoms with van der Waals surface area (Å²) in [7, 11) is 0. The summed E-state index contributed by atoms with van der Waals surface area (Å²) in [5.41, 5.74) is 4.55. The molecule has 0 spiro atoms. The van der Waals surface area contributed by atoms with Crippen LogP contribution in [-0.4, -0.2) is 53.2 Å². The van der Waals surface area contributed by atoms with Crippen LogP contribution in [0.25, 0.3) is 11.1 Å². The van der Waals surface area contributed by atoms with E-state index in [9.17, 15) is 19.5 Å². The third kappa shape index (κ3) is 4.27. The maximum Gasteiger partial charge on any atom is 0.407 e. The smallest absolute Gasteiger partial charge is 0.407 e. The van der Waals surface area contributed by atoms with E-state index >= 15 is 0 Å². The molecular weight excluding hydrogens is 432 g/mol. The van der Waals surface area contributed by atoms with Crippen LogP contribution in [0.4, 0.5) is 4.79 Å². The Morgan fingerprint density at radius 1 is 1.00 bits per heavy atom. The number of carbonyl (C=O) groups excluding carboxylic acids is 2. The summed E-state index contributed by atoms with van der Waals surface area (Å²) in [6.45, 7) is 2.58. The molecule has 178 valence electrons. The molecule has 0 radical (unpaired) electrons. The van der Waals surface area contributed by atoms with Gasteiger partial charge in [-0.05, 0) is 59.8 Å². The van der Waals surface area contributed by atoms with Crippen molar-refractivity contribution in [1.82, 2.24) is 10.2 Å². The van der Waals surface area contributed by atoms with Gasteiger partial charge in [0, 0.05) is 12.5 Å². The Bertz CT molecular complexity index is 1070. The number of rotatable bonds is 6. The second-order valence-corrected chi connectivity index (χ2v) is 9.81. The summed E-state index contributed by atoms with van der Waals surface area (Å²) in [5.74, 6) is -1.10. The van der Waals surface area contributed by atoms with Gasteiger partial charge in [0.2, 0.25) is 5.91 Å². The molecule has 2 aliphatic carbocycles. The van der Waals surface area contributed by atoms with E-state index < -0.39 is 24.1 Å². The largest absolute Gasteiger partial charge is 0.480 e. The average Bonchev–Trinajstić information content (AvgIpc) is 3.63. The van der Waals surface area contributed by atoms with Crippen molar-refractivity contribution in [1.29, 1.82) is 0 Å². The van der Waals surface area contributed by atoms with E-state index in [-0.39, 0.29) is 30.3 Å².